The van der Waals surface area contributed by atoms with Crippen LogP contribution in [0.25, 0.3) is 0 Å². The third kappa shape index (κ3) is 6.40. The maximum atomic E-state index is 12.2. The lowest BCUT2D eigenvalue weighted by atomic mass is 10.3. The fraction of sp³-hybridized carbons (Fsp3) is 0.300. The van der Waals surface area contributed by atoms with Gasteiger partial charge in [-0.3, -0.25) is 10.2 Å². The Morgan fingerprint density at radius 1 is 1.26 bits per heavy atom. The van der Waals surface area contributed by atoms with Crippen LogP contribution < -0.4 is 15.1 Å². The number of carbonyl (C=O) groups is 2. The van der Waals surface area contributed by atoms with E-state index in [4.69, 9.17) is 49.4 Å². The molecule has 1 fully saturated rings. The molecule has 0 radical (unpaired) electrons. The lowest BCUT2D eigenvalue weighted by molar-refractivity contribution is -0.121. The van der Waals surface area contributed by atoms with Crippen LogP contribution in [0.1, 0.15) is 6.92 Å². The van der Waals surface area contributed by atoms with Gasteiger partial charge in [0.1, 0.15) is 6.07 Å². The van der Waals surface area contributed by atoms with Gasteiger partial charge in [0.25, 0.3) is 5.91 Å². The Morgan fingerprint density at radius 3 is 2.49 bits per heavy atom. The summed E-state index contributed by atoms with van der Waals surface area (Å²) >= 11 is 18.8. The molecule has 1 aliphatic rings. The molecule has 1 aliphatic heterocycles. The normalized spacial score (nSPS) is 13.7. The molecule has 0 spiro atoms. The van der Waals surface area contributed by atoms with Crippen molar-refractivity contribution < 1.29 is 24.2 Å². The van der Waals surface area contributed by atoms with Crippen LogP contribution in [-0.4, -0.2) is 70.8 Å². The first-order valence-corrected chi connectivity index (χ1v) is 11.2. The summed E-state index contributed by atoms with van der Waals surface area (Å²) in [5.74, 6) is -0.902. The first kappa shape index (κ1) is 26.2. The van der Waals surface area contributed by atoms with E-state index in [-0.39, 0.29) is 39.1 Å². The fourth-order valence-corrected chi connectivity index (χ4v) is 3.76. The van der Waals surface area contributed by atoms with Crippen LogP contribution in [0.2, 0.25) is 15.2 Å². The van der Waals surface area contributed by atoms with Gasteiger partial charge in [-0.1, -0.05) is 34.8 Å². The molecule has 0 bridgehead atoms. The second kappa shape index (κ2) is 11.9. The van der Waals surface area contributed by atoms with Gasteiger partial charge in [0.05, 0.1) is 34.6 Å². The number of morpholine rings is 1. The Balaban J connectivity index is 1.79. The molecule has 2 N–H and O–H groups in total. The Labute approximate surface area is 214 Å². The van der Waals surface area contributed by atoms with E-state index in [1.54, 1.807) is 12.1 Å². The predicted molar refractivity (Wildman–Crippen MR) is 129 cm³/mol. The fourth-order valence-electron chi connectivity index (χ4n) is 2.99. The predicted octanol–water partition coefficient (Wildman–Crippen LogP) is 3.88. The molecular formula is C20H18Cl3N7O5. The monoisotopic (exact) mass is 541 g/mol. The number of carbonyl (C=O) groups excluding carboxylic acids is 1. The quantitative estimate of drug-likeness (QED) is 0.389. The van der Waals surface area contributed by atoms with Gasteiger partial charge in [-0.25, -0.2) is 9.69 Å². The summed E-state index contributed by atoms with van der Waals surface area (Å²) < 4.78 is 11.1. The van der Waals surface area contributed by atoms with Crippen molar-refractivity contribution in [3.63, 3.8) is 0 Å². The summed E-state index contributed by atoms with van der Waals surface area (Å²) in [6.45, 7) is 3.65. The Morgan fingerprint density at radius 2 is 1.91 bits per heavy atom. The lowest BCUT2D eigenvalue weighted by Gasteiger charge is -2.29. The van der Waals surface area contributed by atoms with Crippen LogP contribution in [0.5, 0.6) is 11.6 Å². The van der Waals surface area contributed by atoms with Crippen LogP contribution in [0.3, 0.4) is 0 Å². The number of anilines is 2. The Kier molecular flexibility index (Phi) is 8.89. The summed E-state index contributed by atoms with van der Waals surface area (Å²) in [5, 5.41) is 30.1. The van der Waals surface area contributed by atoms with Crippen LogP contribution in [-0.2, 0) is 9.53 Å². The zero-order valence-electron chi connectivity index (χ0n) is 18.2. The van der Waals surface area contributed by atoms with E-state index in [0.717, 1.165) is 0 Å². The first-order valence-electron chi connectivity index (χ1n) is 10.1. The zero-order chi connectivity index (χ0) is 25.5. The molecule has 184 valence electrons. The van der Waals surface area contributed by atoms with Gasteiger partial charge in [0.15, 0.2) is 10.9 Å². The number of rotatable bonds is 7. The van der Waals surface area contributed by atoms with Crippen molar-refractivity contribution in [2.75, 3.05) is 43.2 Å². The number of hydrazone groups is 1. The zero-order valence-corrected chi connectivity index (χ0v) is 20.4. The number of carboxylic acid groups (broad SMARTS) is 1. The standard InChI is InChI=1S/C20H18Cl3N7O5/c1-2-30(20(32)33)19(31)14(10-24)26-25-11-7-12(21)17(13(22)8-11)35-16-9-15(18(23)28-27-16)29-3-5-34-6-4-29/h7-9,25H,2-6H2,1H3,(H,32,33). The molecule has 1 saturated heterocycles. The molecule has 0 saturated carbocycles. The number of benzene rings is 1. The maximum Gasteiger partial charge on any atom is 0.414 e. The Hall–Kier alpha value is -3.37. The van der Waals surface area contributed by atoms with E-state index < -0.39 is 17.7 Å². The molecular weight excluding hydrogens is 525 g/mol. The van der Waals surface area contributed by atoms with Gasteiger partial charge in [0.2, 0.25) is 11.6 Å². The van der Waals surface area contributed by atoms with E-state index in [9.17, 15) is 14.9 Å². The molecule has 35 heavy (non-hydrogen) atoms. The molecule has 0 unspecified atom stereocenters. The minimum atomic E-state index is -1.50. The van der Waals surface area contributed by atoms with Gasteiger partial charge in [-0.05, 0) is 19.1 Å². The number of imide groups is 1. The van der Waals surface area contributed by atoms with E-state index in [1.165, 1.54) is 19.1 Å². The highest BCUT2D eigenvalue weighted by molar-refractivity contribution is 6.46. The molecule has 1 aromatic carbocycles. The second-order valence-electron chi connectivity index (χ2n) is 6.85. The third-order valence-corrected chi connectivity index (χ3v) is 5.49. The molecule has 2 amide bonds. The number of halogens is 3. The molecule has 12 nitrogen and oxygen atoms in total. The largest absolute Gasteiger partial charge is 0.465 e. The second-order valence-corrected chi connectivity index (χ2v) is 8.02. The van der Waals surface area contributed by atoms with Crippen LogP contribution >= 0.6 is 34.8 Å². The van der Waals surface area contributed by atoms with Crippen LogP contribution in [0.15, 0.2) is 23.3 Å². The number of nitrogens with zero attached hydrogens (tertiary/aromatic N) is 6. The highest BCUT2D eigenvalue weighted by atomic mass is 35.5. The minimum Gasteiger partial charge on any atom is -0.465 e. The molecule has 15 heteroatoms. The maximum absolute atomic E-state index is 12.2. The van der Waals surface area contributed by atoms with Gasteiger partial charge >= 0.3 is 6.09 Å². The van der Waals surface area contributed by atoms with Crippen molar-refractivity contribution in [3.8, 4) is 17.7 Å². The molecule has 2 heterocycles. The van der Waals surface area contributed by atoms with Gasteiger partial charge < -0.3 is 19.5 Å². The minimum absolute atomic E-state index is 0.0606. The van der Waals surface area contributed by atoms with Crippen molar-refractivity contribution in [2.24, 2.45) is 5.10 Å². The molecule has 2 aromatic rings. The number of hydrogen-bond acceptors (Lipinski definition) is 10. The Bertz CT molecular complexity index is 1180. The number of ether oxygens (including phenoxy) is 2. The van der Waals surface area contributed by atoms with E-state index in [2.05, 4.69) is 20.7 Å². The number of nitrogens with one attached hydrogen (secondary N) is 1. The van der Waals surface area contributed by atoms with Crippen molar-refractivity contribution in [3.05, 3.63) is 33.4 Å². The molecule has 0 atom stereocenters. The van der Waals surface area contributed by atoms with Gasteiger partial charge in [-0.2, -0.15) is 10.4 Å². The van der Waals surface area contributed by atoms with Crippen molar-refractivity contribution in [2.45, 2.75) is 6.92 Å². The smallest absolute Gasteiger partial charge is 0.414 e. The van der Waals surface area contributed by atoms with Crippen LogP contribution in [0, 0.1) is 11.3 Å². The third-order valence-electron chi connectivity index (χ3n) is 4.66. The molecule has 0 aliphatic carbocycles. The summed E-state index contributed by atoms with van der Waals surface area (Å²) in [6.07, 6.45) is -1.50. The van der Waals surface area contributed by atoms with Crippen LogP contribution in [0.4, 0.5) is 16.2 Å². The SMILES string of the molecule is CCN(C(=O)O)C(=O)C(C#N)=NNc1cc(Cl)c(Oc2cc(N3CCOCC3)c(Cl)nn2)c(Cl)c1. The number of nitriles is 1. The van der Waals surface area contributed by atoms with Crippen molar-refractivity contribution in [1.29, 1.82) is 5.26 Å². The lowest BCUT2D eigenvalue weighted by Crippen LogP contribution is -2.40. The van der Waals surface area contributed by atoms with Gasteiger partial charge in [0, 0.05) is 25.7 Å². The average Bonchev–Trinajstić information content (AvgIpc) is 2.83. The summed E-state index contributed by atoms with van der Waals surface area (Å²) in [6, 6.07) is 5.93. The highest BCUT2D eigenvalue weighted by Gasteiger charge is 2.24. The summed E-state index contributed by atoms with van der Waals surface area (Å²) in [7, 11) is 0. The average molecular weight is 543 g/mol. The number of amides is 2. The molecule has 1 aromatic heterocycles. The first-order chi connectivity index (χ1) is 16.7. The van der Waals surface area contributed by atoms with E-state index in [1.807, 2.05) is 4.90 Å². The van der Waals surface area contributed by atoms with Crippen molar-refractivity contribution >= 4 is 63.9 Å². The van der Waals surface area contributed by atoms with Gasteiger partial charge in [-0.15, -0.1) is 10.2 Å². The van der Waals surface area contributed by atoms with E-state index in [0.29, 0.717) is 36.9 Å². The summed E-state index contributed by atoms with van der Waals surface area (Å²) in [4.78, 5) is 25.7. The molecule has 3 rings (SSSR count). The topological polar surface area (TPSA) is 153 Å². The highest BCUT2D eigenvalue weighted by Crippen LogP contribution is 2.39. The summed E-state index contributed by atoms with van der Waals surface area (Å²) in [5.41, 5.74) is 2.62. The number of aromatic nitrogens is 2. The number of hydrogen-bond donors (Lipinski definition) is 2. The van der Waals surface area contributed by atoms with Crippen molar-refractivity contribution in [1.82, 2.24) is 15.1 Å². The van der Waals surface area contributed by atoms with E-state index >= 15 is 0 Å².